The van der Waals surface area contributed by atoms with Gasteiger partial charge in [-0.25, -0.2) is 0 Å². The Balaban J connectivity index is 4.16. The Labute approximate surface area is 517 Å². The summed E-state index contributed by atoms with van der Waals surface area (Å²) in [7, 11) is 0. The van der Waals surface area contributed by atoms with Crippen LogP contribution in [0.25, 0.3) is 0 Å². The van der Waals surface area contributed by atoms with E-state index in [1.54, 1.807) is 0 Å². The molecule has 83 heavy (non-hydrogen) atoms. The maximum absolute atomic E-state index is 12.9. The molecule has 1 unspecified atom stereocenters. The van der Waals surface area contributed by atoms with E-state index in [1.807, 2.05) is 0 Å². The molecule has 0 radical (unpaired) electrons. The molecule has 0 aromatic rings. The van der Waals surface area contributed by atoms with Crippen molar-refractivity contribution in [2.24, 2.45) is 0 Å². The van der Waals surface area contributed by atoms with E-state index in [2.05, 4.69) is 81.5 Å². The Hall–Kier alpha value is -2.89. The molecule has 0 heterocycles. The molecule has 6 nitrogen and oxygen atoms in total. The van der Waals surface area contributed by atoms with Crippen LogP contribution in [0.2, 0.25) is 0 Å². The molecule has 0 aliphatic rings. The molecule has 0 aliphatic carbocycles. The Kier molecular flexibility index (Phi) is 69.1. The van der Waals surface area contributed by atoms with Crippen LogP contribution in [0.3, 0.4) is 0 Å². The average Bonchev–Trinajstić information content (AvgIpc) is 3.50. The quantitative estimate of drug-likeness (QED) is 0.0261. The molecular formula is C77H140O6. The molecule has 0 aromatic heterocycles. The van der Waals surface area contributed by atoms with Gasteiger partial charge in [-0.2, -0.15) is 0 Å². The Morgan fingerprint density at radius 2 is 0.446 bits per heavy atom. The van der Waals surface area contributed by atoms with Gasteiger partial charge in [0.2, 0.25) is 0 Å². The summed E-state index contributed by atoms with van der Waals surface area (Å²) >= 11 is 0. The monoisotopic (exact) mass is 1160 g/mol. The van der Waals surface area contributed by atoms with Crippen LogP contribution < -0.4 is 0 Å². The number of allylic oxidation sites excluding steroid dienone is 10. The summed E-state index contributed by atoms with van der Waals surface area (Å²) in [5.41, 5.74) is 0. The maximum atomic E-state index is 12.9. The lowest BCUT2D eigenvalue weighted by atomic mass is 10.0. The third-order valence-electron chi connectivity index (χ3n) is 16.5. The SMILES string of the molecule is CCCC/C=C\C/C=C\CCCCCCCC(=O)OCC(COC(=O)CCCCCCCCCCCCCCCCCCCC/C=C\C/C=C\C/C=C\CCCCCCC)OC(=O)CCCCCCCCCCCCCCCCCCCC. The molecule has 0 spiro atoms. The van der Waals surface area contributed by atoms with Crippen LogP contribution >= 0.6 is 0 Å². The molecular weight excluding hydrogens is 1020 g/mol. The molecule has 0 amide bonds. The molecule has 0 bridgehead atoms. The number of hydrogen-bond acceptors (Lipinski definition) is 6. The number of esters is 3. The van der Waals surface area contributed by atoms with Crippen LogP contribution in [-0.4, -0.2) is 37.2 Å². The smallest absolute Gasteiger partial charge is 0.306 e. The second-order valence-electron chi connectivity index (χ2n) is 24.9. The van der Waals surface area contributed by atoms with Crippen LogP contribution in [0.5, 0.6) is 0 Å². The number of carbonyl (C=O) groups is 3. The zero-order chi connectivity index (χ0) is 59.9. The normalized spacial score (nSPS) is 12.4. The first-order valence-electron chi connectivity index (χ1n) is 36.8. The molecule has 1 atom stereocenters. The summed E-state index contributed by atoms with van der Waals surface area (Å²) in [4.78, 5) is 38.4. The zero-order valence-corrected chi connectivity index (χ0v) is 55.7. The molecule has 0 saturated heterocycles. The predicted molar refractivity (Wildman–Crippen MR) is 362 cm³/mol. The van der Waals surface area contributed by atoms with E-state index in [9.17, 15) is 14.4 Å². The van der Waals surface area contributed by atoms with Crippen LogP contribution in [0.4, 0.5) is 0 Å². The second kappa shape index (κ2) is 71.6. The molecule has 6 heteroatoms. The van der Waals surface area contributed by atoms with Gasteiger partial charge >= 0.3 is 17.9 Å². The van der Waals surface area contributed by atoms with Gasteiger partial charge in [0.15, 0.2) is 6.10 Å². The van der Waals surface area contributed by atoms with Gasteiger partial charge in [-0.3, -0.25) is 14.4 Å². The van der Waals surface area contributed by atoms with Gasteiger partial charge in [0.25, 0.3) is 0 Å². The van der Waals surface area contributed by atoms with Crippen LogP contribution in [0.15, 0.2) is 60.8 Å². The first-order chi connectivity index (χ1) is 41.0. The van der Waals surface area contributed by atoms with Crippen molar-refractivity contribution in [1.29, 1.82) is 0 Å². The van der Waals surface area contributed by atoms with Crippen molar-refractivity contribution in [2.45, 2.75) is 399 Å². The van der Waals surface area contributed by atoms with Gasteiger partial charge in [-0.1, -0.05) is 351 Å². The third-order valence-corrected chi connectivity index (χ3v) is 16.5. The van der Waals surface area contributed by atoms with Crippen molar-refractivity contribution in [3.63, 3.8) is 0 Å². The Morgan fingerprint density at radius 3 is 0.711 bits per heavy atom. The molecule has 0 aliphatic heterocycles. The summed E-state index contributed by atoms with van der Waals surface area (Å²) in [6.45, 7) is 6.64. The van der Waals surface area contributed by atoms with Crippen molar-refractivity contribution in [3.05, 3.63) is 60.8 Å². The van der Waals surface area contributed by atoms with E-state index in [1.165, 1.54) is 263 Å². The first kappa shape index (κ1) is 80.1. The van der Waals surface area contributed by atoms with Gasteiger partial charge in [-0.05, 0) is 83.5 Å². The van der Waals surface area contributed by atoms with Crippen molar-refractivity contribution in [2.75, 3.05) is 13.2 Å². The van der Waals surface area contributed by atoms with Crippen molar-refractivity contribution in [1.82, 2.24) is 0 Å². The minimum atomic E-state index is -0.778. The number of carbonyl (C=O) groups excluding carboxylic acids is 3. The van der Waals surface area contributed by atoms with Gasteiger partial charge in [0.05, 0.1) is 0 Å². The summed E-state index contributed by atoms with van der Waals surface area (Å²) < 4.78 is 17.0. The number of ether oxygens (including phenoxy) is 3. The second-order valence-corrected chi connectivity index (χ2v) is 24.9. The lowest BCUT2D eigenvalue weighted by Crippen LogP contribution is -2.30. The topological polar surface area (TPSA) is 78.9 Å². The average molecular weight is 1160 g/mol. The van der Waals surface area contributed by atoms with Crippen LogP contribution in [-0.2, 0) is 28.6 Å². The van der Waals surface area contributed by atoms with Gasteiger partial charge in [0.1, 0.15) is 13.2 Å². The molecule has 0 saturated carbocycles. The summed E-state index contributed by atoms with van der Waals surface area (Å²) in [5.74, 6) is -0.861. The predicted octanol–water partition coefficient (Wildman–Crippen LogP) is 25.5. The molecule has 0 fully saturated rings. The Morgan fingerprint density at radius 1 is 0.241 bits per heavy atom. The molecule has 0 aromatic carbocycles. The van der Waals surface area contributed by atoms with Crippen molar-refractivity contribution >= 4 is 17.9 Å². The highest BCUT2D eigenvalue weighted by molar-refractivity contribution is 5.71. The van der Waals surface area contributed by atoms with E-state index in [4.69, 9.17) is 14.2 Å². The molecule has 0 rings (SSSR count). The highest BCUT2D eigenvalue weighted by Gasteiger charge is 2.19. The fourth-order valence-electron chi connectivity index (χ4n) is 10.9. The summed E-state index contributed by atoms with van der Waals surface area (Å²) in [6, 6.07) is 0. The summed E-state index contributed by atoms with van der Waals surface area (Å²) in [5, 5.41) is 0. The minimum absolute atomic E-state index is 0.0733. The van der Waals surface area contributed by atoms with Gasteiger partial charge in [0, 0.05) is 19.3 Å². The van der Waals surface area contributed by atoms with Gasteiger partial charge in [-0.15, -0.1) is 0 Å². The number of hydrogen-bond donors (Lipinski definition) is 0. The number of rotatable bonds is 68. The van der Waals surface area contributed by atoms with Gasteiger partial charge < -0.3 is 14.2 Å². The van der Waals surface area contributed by atoms with E-state index in [-0.39, 0.29) is 31.1 Å². The lowest BCUT2D eigenvalue weighted by Gasteiger charge is -2.18. The largest absolute Gasteiger partial charge is 0.462 e. The summed E-state index contributed by atoms with van der Waals surface area (Å²) in [6.07, 6.45) is 92.6. The fraction of sp³-hybridized carbons (Fsp3) is 0.831. The maximum Gasteiger partial charge on any atom is 0.306 e. The fourth-order valence-corrected chi connectivity index (χ4v) is 10.9. The standard InChI is InChI=1S/C77H140O6/c1-4-7-10-13-16-19-22-25-28-30-32-33-34-35-36-37-38-39-40-41-42-43-44-45-46-48-49-52-55-58-61-64-67-70-76(79)82-73-74(72-81-75(78)69-66-63-60-57-54-51-27-24-21-18-15-12-9-6-3)83-77(80)71-68-65-62-59-56-53-50-47-31-29-26-23-20-17-14-11-8-5-2/h15,18,22,24-25,27,30,32,34-35,74H,4-14,16-17,19-21,23,26,28-29,31,33,36-73H2,1-3H3/b18-15-,25-22-,27-24-,32-30-,35-34-. The van der Waals surface area contributed by atoms with Crippen molar-refractivity contribution < 1.29 is 28.6 Å². The molecule has 0 N–H and O–H groups in total. The highest BCUT2D eigenvalue weighted by Crippen LogP contribution is 2.18. The van der Waals surface area contributed by atoms with Crippen LogP contribution in [0.1, 0.15) is 393 Å². The first-order valence-corrected chi connectivity index (χ1v) is 36.8. The van der Waals surface area contributed by atoms with E-state index < -0.39 is 6.10 Å². The lowest BCUT2D eigenvalue weighted by molar-refractivity contribution is -0.167. The highest BCUT2D eigenvalue weighted by atomic mass is 16.6. The van der Waals surface area contributed by atoms with E-state index in [0.717, 1.165) is 89.9 Å². The number of unbranched alkanes of at least 4 members (excludes halogenated alkanes) is 47. The van der Waals surface area contributed by atoms with E-state index >= 15 is 0 Å². The Bertz CT molecular complexity index is 1470. The molecule has 484 valence electrons. The minimum Gasteiger partial charge on any atom is -0.462 e. The van der Waals surface area contributed by atoms with Crippen LogP contribution in [0, 0.1) is 0 Å². The van der Waals surface area contributed by atoms with E-state index in [0.29, 0.717) is 19.3 Å². The zero-order valence-electron chi connectivity index (χ0n) is 55.7. The third kappa shape index (κ3) is 69.8. The van der Waals surface area contributed by atoms with Crippen molar-refractivity contribution in [3.8, 4) is 0 Å².